The van der Waals surface area contributed by atoms with E-state index in [0.29, 0.717) is 30.2 Å². The van der Waals surface area contributed by atoms with Gasteiger partial charge in [-0.2, -0.15) is 0 Å². The van der Waals surface area contributed by atoms with Gasteiger partial charge in [-0.25, -0.2) is 14.4 Å². The lowest BCUT2D eigenvalue weighted by molar-refractivity contribution is 0.610. The molecule has 0 saturated carbocycles. The van der Waals surface area contributed by atoms with E-state index in [-0.39, 0.29) is 5.82 Å². The van der Waals surface area contributed by atoms with Gasteiger partial charge in [0.05, 0.1) is 0 Å². The maximum atomic E-state index is 13.6. The Bertz CT molecular complexity index is 864. The molecule has 3 rings (SSSR count). The first-order valence-electron chi connectivity index (χ1n) is 8.25. The van der Waals surface area contributed by atoms with E-state index in [1.54, 1.807) is 12.1 Å². The van der Waals surface area contributed by atoms with Gasteiger partial charge in [0.25, 0.3) is 0 Å². The molecule has 0 aliphatic rings. The highest BCUT2D eigenvalue weighted by Crippen LogP contribution is 2.19. The summed E-state index contributed by atoms with van der Waals surface area (Å²) < 4.78 is 13.6. The summed E-state index contributed by atoms with van der Waals surface area (Å²) in [6.45, 7) is 4.76. The molecule has 0 spiro atoms. The van der Waals surface area contributed by atoms with E-state index in [4.69, 9.17) is 0 Å². The van der Waals surface area contributed by atoms with Crippen LogP contribution in [0.3, 0.4) is 0 Å². The fourth-order valence-electron chi connectivity index (χ4n) is 2.52. The van der Waals surface area contributed by atoms with Crippen molar-refractivity contribution >= 4 is 17.3 Å². The number of rotatable bonds is 6. The third-order valence-corrected chi connectivity index (χ3v) is 4.10. The van der Waals surface area contributed by atoms with Gasteiger partial charge in [0, 0.05) is 18.3 Å². The van der Waals surface area contributed by atoms with E-state index in [0.717, 1.165) is 5.69 Å². The van der Waals surface area contributed by atoms with Gasteiger partial charge in [0.15, 0.2) is 0 Å². The van der Waals surface area contributed by atoms with Crippen LogP contribution in [0.25, 0.3) is 0 Å². The molecule has 2 N–H and O–H groups in total. The number of nitrogens with zero attached hydrogens (tertiary/aromatic N) is 2. The molecule has 25 heavy (non-hydrogen) atoms. The first-order valence-corrected chi connectivity index (χ1v) is 8.25. The molecule has 5 heteroatoms. The maximum absolute atomic E-state index is 13.6. The summed E-state index contributed by atoms with van der Waals surface area (Å²) in [6.07, 6.45) is 2.10. The van der Waals surface area contributed by atoms with Crippen molar-refractivity contribution in [3.8, 4) is 0 Å². The lowest BCUT2D eigenvalue weighted by Gasteiger charge is -2.10. The van der Waals surface area contributed by atoms with Gasteiger partial charge in [-0.05, 0) is 55.2 Å². The first-order chi connectivity index (χ1) is 12.1. The summed E-state index contributed by atoms with van der Waals surface area (Å²) in [7, 11) is 0. The number of nitrogens with one attached hydrogen (secondary N) is 2. The van der Waals surface area contributed by atoms with Crippen LogP contribution in [0.15, 0.2) is 54.9 Å². The van der Waals surface area contributed by atoms with Gasteiger partial charge in [-0.15, -0.1) is 0 Å². The standard InChI is InChI=1S/C20H21FN4/c1-14-7-8-17(11-15(14)2)25-20-12-19(23-13-24-20)22-10-9-16-5-3-4-6-18(16)21/h3-8,11-13H,9-10H2,1-2H3,(H2,22,23,24,25). The molecular weight excluding hydrogens is 315 g/mol. The Morgan fingerprint density at radius 1 is 0.920 bits per heavy atom. The molecule has 0 radical (unpaired) electrons. The number of benzene rings is 2. The molecular formula is C20H21FN4. The van der Waals surface area contributed by atoms with Crippen molar-refractivity contribution in [3.05, 3.63) is 77.4 Å². The SMILES string of the molecule is Cc1ccc(Nc2cc(NCCc3ccccc3F)ncn2)cc1C. The number of hydrogen-bond donors (Lipinski definition) is 2. The molecule has 0 fully saturated rings. The van der Waals surface area contributed by atoms with Gasteiger partial charge in [-0.3, -0.25) is 0 Å². The van der Waals surface area contributed by atoms with Crippen LogP contribution in [-0.2, 0) is 6.42 Å². The van der Waals surface area contributed by atoms with E-state index >= 15 is 0 Å². The van der Waals surface area contributed by atoms with Crippen molar-refractivity contribution in [1.29, 1.82) is 0 Å². The maximum Gasteiger partial charge on any atom is 0.135 e. The second-order valence-electron chi connectivity index (χ2n) is 5.98. The fraction of sp³-hybridized carbons (Fsp3) is 0.200. The Kier molecular flexibility index (Phi) is 5.23. The molecule has 0 unspecified atom stereocenters. The third-order valence-electron chi connectivity index (χ3n) is 4.10. The van der Waals surface area contributed by atoms with E-state index in [1.165, 1.54) is 23.5 Å². The van der Waals surface area contributed by atoms with Crippen LogP contribution in [0.5, 0.6) is 0 Å². The Morgan fingerprint density at radius 2 is 1.72 bits per heavy atom. The molecule has 0 aliphatic carbocycles. The Balaban J connectivity index is 1.61. The van der Waals surface area contributed by atoms with Gasteiger partial charge in [0.2, 0.25) is 0 Å². The molecule has 128 valence electrons. The largest absolute Gasteiger partial charge is 0.370 e. The molecule has 1 aromatic heterocycles. The quantitative estimate of drug-likeness (QED) is 0.689. The molecule has 4 nitrogen and oxygen atoms in total. The van der Waals surface area contributed by atoms with Crippen LogP contribution in [0.2, 0.25) is 0 Å². The Labute approximate surface area is 147 Å². The minimum absolute atomic E-state index is 0.177. The van der Waals surface area contributed by atoms with Crippen LogP contribution in [0, 0.1) is 19.7 Å². The molecule has 0 bridgehead atoms. The van der Waals surface area contributed by atoms with Crippen molar-refractivity contribution in [2.75, 3.05) is 17.2 Å². The summed E-state index contributed by atoms with van der Waals surface area (Å²) in [5.74, 6) is 1.24. The highest BCUT2D eigenvalue weighted by Gasteiger charge is 2.03. The summed E-state index contributed by atoms with van der Waals surface area (Å²) in [4.78, 5) is 8.46. The molecule has 2 aromatic carbocycles. The second-order valence-corrected chi connectivity index (χ2v) is 5.98. The van der Waals surface area contributed by atoms with Crippen molar-refractivity contribution in [2.45, 2.75) is 20.3 Å². The van der Waals surface area contributed by atoms with Crippen LogP contribution < -0.4 is 10.6 Å². The van der Waals surface area contributed by atoms with Gasteiger partial charge in [0.1, 0.15) is 23.8 Å². The average molecular weight is 336 g/mol. The summed E-state index contributed by atoms with van der Waals surface area (Å²) >= 11 is 0. The van der Waals surface area contributed by atoms with Gasteiger partial charge < -0.3 is 10.6 Å². The zero-order chi connectivity index (χ0) is 17.6. The van der Waals surface area contributed by atoms with E-state index in [9.17, 15) is 4.39 Å². The Hall–Kier alpha value is -2.95. The number of anilines is 3. The first kappa shape index (κ1) is 16.9. The number of hydrogen-bond acceptors (Lipinski definition) is 4. The average Bonchev–Trinajstić information content (AvgIpc) is 2.60. The van der Waals surface area contributed by atoms with Crippen LogP contribution in [-0.4, -0.2) is 16.5 Å². The molecule has 1 heterocycles. The van der Waals surface area contributed by atoms with E-state index in [2.05, 4.69) is 46.6 Å². The van der Waals surface area contributed by atoms with E-state index in [1.807, 2.05) is 18.2 Å². The lowest BCUT2D eigenvalue weighted by atomic mass is 10.1. The lowest BCUT2D eigenvalue weighted by Crippen LogP contribution is -2.08. The van der Waals surface area contributed by atoms with Crippen LogP contribution >= 0.6 is 0 Å². The van der Waals surface area contributed by atoms with Gasteiger partial charge in [-0.1, -0.05) is 24.3 Å². The van der Waals surface area contributed by atoms with Crippen LogP contribution in [0.1, 0.15) is 16.7 Å². The van der Waals surface area contributed by atoms with Crippen molar-refractivity contribution in [2.24, 2.45) is 0 Å². The predicted molar refractivity (Wildman–Crippen MR) is 99.8 cm³/mol. The highest BCUT2D eigenvalue weighted by molar-refractivity contribution is 5.60. The molecule has 0 aliphatic heterocycles. The number of aryl methyl sites for hydroxylation is 2. The zero-order valence-electron chi connectivity index (χ0n) is 14.4. The minimum Gasteiger partial charge on any atom is -0.370 e. The summed E-state index contributed by atoms with van der Waals surface area (Å²) in [5.41, 5.74) is 4.16. The summed E-state index contributed by atoms with van der Waals surface area (Å²) in [6, 6.07) is 14.8. The van der Waals surface area contributed by atoms with Crippen molar-refractivity contribution in [1.82, 2.24) is 9.97 Å². The minimum atomic E-state index is -0.177. The monoisotopic (exact) mass is 336 g/mol. The second kappa shape index (κ2) is 7.75. The summed E-state index contributed by atoms with van der Waals surface area (Å²) in [5, 5.41) is 6.49. The predicted octanol–water partition coefficient (Wildman–Crippen LogP) is 4.63. The molecule has 0 amide bonds. The molecule has 0 atom stereocenters. The van der Waals surface area contributed by atoms with E-state index < -0.39 is 0 Å². The topological polar surface area (TPSA) is 49.8 Å². The van der Waals surface area contributed by atoms with Gasteiger partial charge >= 0.3 is 0 Å². The Morgan fingerprint density at radius 3 is 2.52 bits per heavy atom. The van der Waals surface area contributed by atoms with Crippen molar-refractivity contribution < 1.29 is 4.39 Å². The zero-order valence-corrected chi connectivity index (χ0v) is 14.4. The fourth-order valence-corrected chi connectivity index (χ4v) is 2.52. The normalized spacial score (nSPS) is 10.5. The number of aromatic nitrogens is 2. The van der Waals surface area contributed by atoms with Crippen molar-refractivity contribution in [3.63, 3.8) is 0 Å². The third kappa shape index (κ3) is 4.53. The molecule has 3 aromatic rings. The molecule has 0 saturated heterocycles. The smallest absolute Gasteiger partial charge is 0.135 e. The van der Waals surface area contributed by atoms with Crippen LogP contribution in [0.4, 0.5) is 21.7 Å². The number of halogens is 1. The highest BCUT2D eigenvalue weighted by atomic mass is 19.1.